The first kappa shape index (κ1) is 30.5. The number of nitrogens with zero attached hydrogens (tertiary/aromatic N) is 2. The lowest BCUT2D eigenvalue weighted by Gasteiger charge is -2.35. The van der Waals surface area contributed by atoms with Crippen LogP contribution in [0.5, 0.6) is 11.5 Å². The Morgan fingerprint density at radius 3 is 2.35 bits per heavy atom. The van der Waals surface area contributed by atoms with Crippen molar-refractivity contribution in [2.75, 3.05) is 24.4 Å². The van der Waals surface area contributed by atoms with Crippen LogP contribution in [0.1, 0.15) is 57.4 Å². The van der Waals surface area contributed by atoms with E-state index in [2.05, 4.69) is 15.8 Å². The van der Waals surface area contributed by atoms with Crippen LogP contribution in [0.2, 0.25) is 5.02 Å². The van der Waals surface area contributed by atoms with Crippen LogP contribution in [-0.2, 0) is 14.4 Å². The number of amides is 3. The van der Waals surface area contributed by atoms with Gasteiger partial charge in [0.25, 0.3) is 0 Å². The van der Waals surface area contributed by atoms with Crippen molar-refractivity contribution in [1.29, 1.82) is 0 Å². The molecule has 0 aliphatic heterocycles. The van der Waals surface area contributed by atoms with Gasteiger partial charge < -0.3 is 24.6 Å². The standard InChI is InChI=1S/C29H35ClN4O6/c1-7-29(3,4)32-28(37)26(21-9-8-10-22(38-5)27(21)39-6)34(20-13-11-19(30)12-14-20)25(36)16-15-24(35)31-23-17-18(2)40-33-23/h8-14,17,26H,7,15-16H2,1-6H3,(H,32,37)(H,31,33,35)/t26-/m0/s1. The van der Waals surface area contributed by atoms with Gasteiger partial charge in [-0.1, -0.05) is 35.8 Å². The van der Waals surface area contributed by atoms with Crippen molar-refractivity contribution in [2.45, 2.75) is 58.5 Å². The maximum atomic E-state index is 14.0. The molecule has 40 heavy (non-hydrogen) atoms. The highest BCUT2D eigenvalue weighted by molar-refractivity contribution is 6.30. The van der Waals surface area contributed by atoms with Gasteiger partial charge in [0.1, 0.15) is 11.8 Å². The van der Waals surface area contributed by atoms with Gasteiger partial charge in [0, 0.05) is 40.7 Å². The summed E-state index contributed by atoms with van der Waals surface area (Å²) in [6, 6.07) is 12.1. The molecule has 1 atom stereocenters. The zero-order valence-corrected chi connectivity index (χ0v) is 24.3. The normalized spacial score (nSPS) is 11.9. The van der Waals surface area contributed by atoms with Crippen LogP contribution in [0.4, 0.5) is 11.5 Å². The van der Waals surface area contributed by atoms with Gasteiger partial charge in [-0.05, 0) is 57.5 Å². The predicted molar refractivity (Wildman–Crippen MR) is 153 cm³/mol. The van der Waals surface area contributed by atoms with E-state index in [4.69, 9.17) is 25.6 Å². The second kappa shape index (κ2) is 13.3. The van der Waals surface area contributed by atoms with E-state index >= 15 is 0 Å². The number of methoxy groups -OCH3 is 2. The van der Waals surface area contributed by atoms with Gasteiger partial charge in [-0.25, -0.2) is 0 Å². The van der Waals surface area contributed by atoms with E-state index in [1.807, 2.05) is 20.8 Å². The SMILES string of the molecule is CCC(C)(C)NC(=O)[C@H](c1cccc(OC)c1OC)N(C(=O)CCC(=O)Nc1cc(C)on1)c1ccc(Cl)cc1. The van der Waals surface area contributed by atoms with Crippen LogP contribution in [0, 0.1) is 6.92 Å². The molecule has 0 bridgehead atoms. The largest absolute Gasteiger partial charge is 0.493 e. The minimum absolute atomic E-state index is 0.154. The molecule has 3 rings (SSSR count). The summed E-state index contributed by atoms with van der Waals surface area (Å²) in [6.45, 7) is 7.46. The third kappa shape index (κ3) is 7.53. The van der Waals surface area contributed by atoms with Crippen molar-refractivity contribution in [1.82, 2.24) is 10.5 Å². The number of nitrogens with one attached hydrogen (secondary N) is 2. The zero-order valence-electron chi connectivity index (χ0n) is 23.5. The smallest absolute Gasteiger partial charge is 0.248 e. The average Bonchev–Trinajstić information content (AvgIpc) is 3.34. The Labute approximate surface area is 238 Å². The maximum Gasteiger partial charge on any atom is 0.248 e. The first-order chi connectivity index (χ1) is 19.0. The Bertz CT molecular complexity index is 1340. The molecule has 1 aromatic heterocycles. The molecule has 3 amide bonds. The van der Waals surface area contributed by atoms with E-state index in [9.17, 15) is 14.4 Å². The predicted octanol–water partition coefficient (Wildman–Crippen LogP) is 5.45. The van der Waals surface area contributed by atoms with Gasteiger partial charge in [0.05, 0.1) is 14.2 Å². The molecule has 214 valence electrons. The van der Waals surface area contributed by atoms with Gasteiger partial charge in [-0.3, -0.25) is 19.3 Å². The molecule has 0 unspecified atom stereocenters. The summed E-state index contributed by atoms with van der Waals surface area (Å²) < 4.78 is 16.1. The minimum atomic E-state index is -1.16. The molecule has 0 aliphatic carbocycles. The highest BCUT2D eigenvalue weighted by atomic mass is 35.5. The van der Waals surface area contributed by atoms with E-state index in [-0.39, 0.29) is 18.7 Å². The number of halogens is 1. The van der Waals surface area contributed by atoms with Gasteiger partial charge in [-0.15, -0.1) is 0 Å². The van der Waals surface area contributed by atoms with Crippen molar-refractivity contribution >= 4 is 40.8 Å². The van der Waals surface area contributed by atoms with E-state index < -0.39 is 29.3 Å². The average molecular weight is 571 g/mol. The molecule has 0 saturated carbocycles. The third-order valence-corrected chi connectivity index (χ3v) is 6.67. The first-order valence-electron chi connectivity index (χ1n) is 12.8. The molecule has 2 N–H and O–H groups in total. The van der Waals surface area contributed by atoms with E-state index in [0.717, 1.165) is 0 Å². The van der Waals surface area contributed by atoms with Crippen molar-refractivity contribution in [2.24, 2.45) is 0 Å². The Morgan fingerprint density at radius 1 is 1.07 bits per heavy atom. The summed E-state index contributed by atoms with van der Waals surface area (Å²) in [4.78, 5) is 41.9. The molecule has 0 saturated heterocycles. The number of aromatic nitrogens is 1. The van der Waals surface area contributed by atoms with E-state index in [1.165, 1.54) is 19.1 Å². The Kier molecular flexibility index (Phi) is 10.2. The third-order valence-electron chi connectivity index (χ3n) is 6.41. The lowest BCUT2D eigenvalue weighted by Crippen LogP contribution is -2.50. The fourth-order valence-corrected chi connectivity index (χ4v) is 4.15. The molecule has 2 aromatic carbocycles. The molecule has 10 nitrogen and oxygen atoms in total. The summed E-state index contributed by atoms with van der Waals surface area (Å²) in [5, 5.41) is 9.88. The highest BCUT2D eigenvalue weighted by Crippen LogP contribution is 2.39. The molecule has 3 aromatic rings. The Balaban J connectivity index is 2.06. The number of benzene rings is 2. The van der Waals surface area contributed by atoms with Crippen LogP contribution in [-0.4, -0.2) is 42.6 Å². The maximum absolute atomic E-state index is 14.0. The van der Waals surface area contributed by atoms with Crippen molar-refractivity contribution in [3.8, 4) is 11.5 Å². The number of hydrogen-bond donors (Lipinski definition) is 2. The lowest BCUT2D eigenvalue weighted by molar-refractivity contribution is -0.128. The van der Waals surface area contributed by atoms with Crippen LogP contribution in [0.25, 0.3) is 0 Å². The van der Waals surface area contributed by atoms with Crippen molar-refractivity contribution in [3.05, 3.63) is 64.9 Å². The second-order valence-corrected chi connectivity index (χ2v) is 10.3. The first-order valence-corrected chi connectivity index (χ1v) is 13.2. The summed E-state index contributed by atoms with van der Waals surface area (Å²) in [5.41, 5.74) is 0.268. The summed E-state index contributed by atoms with van der Waals surface area (Å²) in [7, 11) is 2.96. The molecule has 0 radical (unpaired) electrons. The molecule has 0 spiro atoms. The van der Waals surface area contributed by atoms with Gasteiger partial charge in [0.15, 0.2) is 17.3 Å². The van der Waals surface area contributed by atoms with Crippen LogP contribution < -0.4 is 25.0 Å². The van der Waals surface area contributed by atoms with Crippen molar-refractivity contribution < 1.29 is 28.4 Å². The number of para-hydroxylation sites is 1. The topological polar surface area (TPSA) is 123 Å². The molecule has 0 aliphatic rings. The molecular weight excluding hydrogens is 536 g/mol. The van der Waals surface area contributed by atoms with Crippen molar-refractivity contribution in [3.63, 3.8) is 0 Å². The van der Waals surface area contributed by atoms with Gasteiger partial charge >= 0.3 is 0 Å². The minimum Gasteiger partial charge on any atom is -0.493 e. The number of carbonyl (C=O) groups excluding carboxylic acids is 3. The van der Waals surface area contributed by atoms with E-state index in [1.54, 1.807) is 55.5 Å². The molecule has 0 fully saturated rings. The zero-order chi connectivity index (χ0) is 29.4. The number of ether oxygens (including phenoxy) is 2. The quantitative estimate of drug-likeness (QED) is 0.297. The van der Waals surface area contributed by atoms with Crippen LogP contribution >= 0.6 is 11.6 Å². The Hall–Kier alpha value is -4.05. The van der Waals surface area contributed by atoms with Gasteiger partial charge in [-0.2, -0.15) is 0 Å². The fourth-order valence-electron chi connectivity index (χ4n) is 4.03. The number of rotatable bonds is 12. The number of anilines is 2. The monoisotopic (exact) mass is 570 g/mol. The lowest BCUT2D eigenvalue weighted by atomic mass is 9.97. The fraction of sp³-hybridized carbons (Fsp3) is 0.379. The van der Waals surface area contributed by atoms with Gasteiger partial charge in [0.2, 0.25) is 17.7 Å². The molecule has 1 heterocycles. The number of hydrogen-bond acceptors (Lipinski definition) is 7. The van der Waals surface area contributed by atoms with Crippen LogP contribution in [0.15, 0.2) is 53.1 Å². The Morgan fingerprint density at radius 2 is 1.77 bits per heavy atom. The summed E-state index contributed by atoms with van der Waals surface area (Å²) >= 11 is 6.14. The number of aryl methyl sites for hydroxylation is 1. The van der Waals surface area contributed by atoms with Crippen LogP contribution in [0.3, 0.4) is 0 Å². The summed E-state index contributed by atoms with van der Waals surface area (Å²) in [6.07, 6.45) is 0.300. The summed E-state index contributed by atoms with van der Waals surface area (Å²) in [5.74, 6) is 0.187. The molecule has 11 heteroatoms. The highest BCUT2D eigenvalue weighted by Gasteiger charge is 2.37. The second-order valence-electron chi connectivity index (χ2n) is 9.82. The number of carbonyl (C=O) groups is 3. The van der Waals surface area contributed by atoms with E-state index in [0.29, 0.717) is 40.0 Å². The molecular formula is C29H35ClN4O6.